The van der Waals surface area contributed by atoms with Gasteiger partial charge in [-0.2, -0.15) is 4.98 Å². The van der Waals surface area contributed by atoms with Crippen molar-refractivity contribution in [2.75, 3.05) is 12.4 Å². The number of anilines is 1. The van der Waals surface area contributed by atoms with Gasteiger partial charge in [-0.05, 0) is 13.3 Å². The van der Waals surface area contributed by atoms with E-state index in [2.05, 4.69) is 15.3 Å². The molecule has 0 fully saturated rings. The first kappa shape index (κ1) is 12.2. The van der Waals surface area contributed by atoms with Gasteiger partial charge in [-0.25, -0.2) is 4.98 Å². The van der Waals surface area contributed by atoms with Crippen LogP contribution in [0, 0.1) is 0 Å². The second kappa shape index (κ2) is 5.89. The first-order chi connectivity index (χ1) is 7.61. The minimum absolute atomic E-state index is 0.00297. The lowest BCUT2D eigenvalue weighted by Crippen LogP contribution is -2.18. The number of methoxy groups -OCH3 is 1. The molecule has 1 aromatic rings. The number of aliphatic carboxylic acids is 1. The molecule has 0 aliphatic heterocycles. The average Bonchev–Trinajstić information content (AvgIpc) is 2.26. The van der Waals surface area contributed by atoms with Crippen LogP contribution in [0.1, 0.15) is 19.8 Å². The van der Waals surface area contributed by atoms with Gasteiger partial charge in [-0.15, -0.1) is 0 Å². The molecule has 0 radical (unpaired) electrons. The largest absolute Gasteiger partial charge is 0.481 e. The lowest BCUT2D eigenvalue weighted by atomic mass is 10.2. The molecule has 0 bridgehead atoms. The van der Waals surface area contributed by atoms with Crippen LogP contribution >= 0.6 is 0 Å². The number of nitrogens with one attached hydrogen (secondary N) is 1. The van der Waals surface area contributed by atoms with E-state index in [0.717, 1.165) is 0 Å². The van der Waals surface area contributed by atoms with Crippen LogP contribution in [0.5, 0.6) is 5.88 Å². The maximum Gasteiger partial charge on any atom is 0.303 e. The summed E-state index contributed by atoms with van der Waals surface area (Å²) in [5.74, 6) is 0.111. The molecule has 0 saturated carbocycles. The van der Waals surface area contributed by atoms with Gasteiger partial charge >= 0.3 is 5.97 Å². The average molecular weight is 225 g/mol. The van der Waals surface area contributed by atoms with E-state index in [1.54, 1.807) is 12.3 Å². The molecule has 1 heterocycles. The third-order valence-electron chi connectivity index (χ3n) is 2.01. The SMILES string of the molecule is COc1ccnc(NC(C)CCC(=O)O)n1. The summed E-state index contributed by atoms with van der Waals surface area (Å²) < 4.78 is 4.95. The predicted molar refractivity (Wildman–Crippen MR) is 58.5 cm³/mol. The Hall–Kier alpha value is -1.85. The standard InChI is InChI=1S/C10H15N3O3/c1-7(3-4-9(14)15)12-10-11-6-5-8(13-10)16-2/h5-7H,3-4H2,1-2H3,(H,14,15)(H,11,12,13). The van der Waals surface area contributed by atoms with Crippen molar-refractivity contribution in [3.63, 3.8) is 0 Å². The molecule has 0 aliphatic rings. The fraction of sp³-hybridized carbons (Fsp3) is 0.500. The van der Waals surface area contributed by atoms with Crippen molar-refractivity contribution in [2.24, 2.45) is 0 Å². The van der Waals surface area contributed by atoms with Crippen molar-refractivity contribution in [3.8, 4) is 5.88 Å². The Bertz CT molecular complexity index is 357. The molecule has 0 aliphatic carbocycles. The van der Waals surface area contributed by atoms with E-state index in [-0.39, 0.29) is 12.5 Å². The first-order valence-corrected chi connectivity index (χ1v) is 4.97. The maximum atomic E-state index is 10.4. The molecule has 0 aromatic carbocycles. The van der Waals surface area contributed by atoms with Crippen molar-refractivity contribution < 1.29 is 14.6 Å². The fourth-order valence-corrected chi connectivity index (χ4v) is 1.16. The van der Waals surface area contributed by atoms with E-state index >= 15 is 0 Å². The van der Waals surface area contributed by atoms with Gasteiger partial charge in [-0.3, -0.25) is 4.79 Å². The number of hydrogen-bond donors (Lipinski definition) is 2. The molecular formula is C10H15N3O3. The Labute approximate surface area is 93.7 Å². The topological polar surface area (TPSA) is 84.3 Å². The molecule has 0 amide bonds. The normalized spacial score (nSPS) is 11.9. The van der Waals surface area contributed by atoms with Crippen LogP contribution in [0.4, 0.5) is 5.95 Å². The molecule has 0 saturated heterocycles. The van der Waals surface area contributed by atoms with Crippen molar-refractivity contribution in [1.82, 2.24) is 9.97 Å². The van der Waals surface area contributed by atoms with Gasteiger partial charge in [0.25, 0.3) is 0 Å². The zero-order valence-electron chi connectivity index (χ0n) is 9.30. The van der Waals surface area contributed by atoms with E-state index in [1.807, 2.05) is 6.92 Å². The van der Waals surface area contributed by atoms with Gasteiger partial charge in [0.1, 0.15) is 0 Å². The highest BCUT2D eigenvalue weighted by Crippen LogP contribution is 2.09. The van der Waals surface area contributed by atoms with Crippen LogP contribution in [0.15, 0.2) is 12.3 Å². The molecule has 1 atom stereocenters. The van der Waals surface area contributed by atoms with Gasteiger partial charge in [0.05, 0.1) is 7.11 Å². The Kier molecular flexibility index (Phi) is 4.50. The molecular weight excluding hydrogens is 210 g/mol. The zero-order valence-corrected chi connectivity index (χ0v) is 9.30. The summed E-state index contributed by atoms with van der Waals surface area (Å²) in [5.41, 5.74) is 0. The van der Waals surface area contributed by atoms with Gasteiger partial charge < -0.3 is 15.2 Å². The van der Waals surface area contributed by atoms with E-state index < -0.39 is 5.97 Å². The van der Waals surface area contributed by atoms with Crippen molar-refractivity contribution in [2.45, 2.75) is 25.8 Å². The minimum atomic E-state index is -0.805. The Balaban J connectivity index is 2.48. The van der Waals surface area contributed by atoms with Crippen LogP contribution in [0.25, 0.3) is 0 Å². The van der Waals surface area contributed by atoms with Crippen molar-refractivity contribution in [1.29, 1.82) is 0 Å². The quantitative estimate of drug-likeness (QED) is 0.755. The van der Waals surface area contributed by atoms with Crippen LogP contribution < -0.4 is 10.1 Å². The zero-order chi connectivity index (χ0) is 12.0. The smallest absolute Gasteiger partial charge is 0.303 e. The van der Waals surface area contributed by atoms with Gasteiger partial charge in [0.15, 0.2) is 0 Å². The Morgan fingerprint density at radius 1 is 1.69 bits per heavy atom. The third-order valence-corrected chi connectivity index (χ3v) is 2.01. The lowest BCUT2D eigenvalue weighted by Gasteiger charge is -2.12. The second-order valence-corrected chi connectivity index (χ2v) is 3.40. The summed E-state index contributed by atoms with van der Waals surface area (Å²) in [6.45, 7) is 1.88. The molecule has 6 nitrogen and oxygen atoms in total. The highest BCUT2D eigenvalue weighted by atomic mass is 16.5. The van der Waals surface area contributed by atoms with E-state index in [4.69, 9.17) is 9.84 Å². The lowest BCUT2D eigenvalue weighted by molar-refractivity contribution is -0.137. The Morgan fingerprint density at radius 3 is 3.06 bits per heavy atom. The molecule has 1 rings (SSSR count). The van der Waals surface area contributed by atoms with E-state index in [9.17, 15) is 4.79 Å². The summed E-state index contributed by atoms with van der Waals surface area (Å²) in [5, 5.41) is 11.5. The second-order valence-electron chi connectivity index (χ2n) is 3.40. The van der Waals surface area contributed by atoms with Crippen molar-refractivity contribution >= 4 is 11.9 Å². The maximum absolute atomic E-state index is 10.4. The first-order valence-electron chi connectivity index (χ1n) is 4.97. The van der Waals surface area contributed by atoms with Crippen LogP contribution in [0.3, 0.4) is 0 Å². The number of carboxylic acids is 1. The molecule has 16 heavy (non-hydrogen) atoms. The molecule has 2 N–H and O–H groups in total. The monoisotopic (exact) mass is 225 g/mol. The fourth-order valence-electron chi connectivity index (χ4n) is 1.16. The Morgan fingerprint density at radius 2 is 2.44 bits per heavy atom. The molecule has 1 unspecified atom stereocenters. The van der Waals surface area contributed by atoms with Gasteiger partial charge in [0, 0.05) is 24.7 Å². The van der Waals surface area contributed by atoms with Crippen molar-refractivity contribution in [3.05, 3.63) is 12.3 Å². The van der Waals surface area contributed by atoms with Gasteiger partial charge in [-0.1, -0.05) is 0 Å². The van der Waals surface area contributed by atoms with Crippen LogP contribution in [0.2, 0.25) is 0 Å². The summed E-state index contributed by atoms with van der Waals surface area (Å²) in [6, 6.07) is 1.65. The van der Waals surface area contributed by atoms with Crippen LogP contribution in [-0.4, -0.2) is 34.2 Å². The number of carboxylic acid groups (broad SMARTS) is 1. The van der Waals surface area contributed by atoms with Crippen LogP contribution in [-0.2, 0) is 4.79 Å². The predicted octanol–water partition coefficient (Wildman–Crippen LogP) is 1.15. The molecule has 88 valence electrons. The summed E-state index contributed by atoms with van der Waals surface area (Å²) in [7, 11) is 1.53. The van der Waals surface area contributed by atoms with Gasteiger partial charge in [0.2, 0.25) is 11.8 Å². The summed E-state index contributed by atoms with van der Waals surface area (Å²) in [6.07, 6.45) is 2.23. The highest BCUT2D eigenvalue weighted by Gasteiger charge is 2.07. The number of ether oxygens (including phenoxy) is 1. The molecule has 6 heteroatoms. The summed E-state index contributed by atoms with van der Waals surface area (Å²) in [4.78, 5) is 18.4. The number of rotatable bonds is 6. The number of carbonyl (C=O) groups is 1. The molecule has 0 spiro atoms. The summed E-state index contributed by atoms with van der Waals surface area (Å²) >= 11 is 0. The highest BCUT2D eigenvalue weighted by molar-refractivity contribution is 5.66. The minimum Gasteiger partial charge on any atom is -0.481 e. The molecule has 1 aromatic heterocycles. The number of aromatic nitrogens is 2. The number of nitrogens with zero attached hydrogens (tertiary/aromatic N) is 2. The van der Waals surface area contributed by atoms with E-state index in [0.29, 0.717) is 18.2 Å². The third kappa shape index (κ3) is 4.12. The van der Waals surface area contributed by atoms with E-state index in [1.165, 1.54) is 7.11 Å². The number of hydrogen-bond acceptors (Lipinski definition) is 5.